The van der Waals surface area contributed by atoms with Crippen LogP contribution < -0.4 is 19.8 Å². The Hall–Kier alpha value is -4.07. The smallest absolute Gasteiger partial charge is 0.282 e. The van der Waals surface area contributed by atoms with E-state index >= 15 is 0 Å². The van der Waals surface area contributed by atoms with Gasteiger partial charge in [0.2, 0.25) is 5.82 Å². The number of rotatable bonds is 8. The predicted octanol–water partition coefficient (Wildman–Crippen LogP) is 6.64. The van der Waals surface area contributed by atoms with Crippen molar-refractivity contribution in [2.45, 2.75) is 6.92 Å². The maximum absolute atomic E-state index is 13.6. The number of methoxy groups -OCH3 is 1. The highest BCUT2D eigenvalue weighted by Gasteiger charge is 2.20. The largest absolute Gasteiger partial charge is 0.496 e. The van der Waals surface area contributed by atoms with Crippen LogP contribution in [0.1, 0.15) is 12.5 Å². The first-order chi connectivity index (χ1) is 19.0. The fraction of sp³-hybridized carbons (Fsp3) is 0.138. The molecule has 0 saturated carbocycles. The standard InChI is InChI=1S/C29H21Br2N3O5/c1-4-13-38-27-23(37-5-2)14-17(25(30)26(27)31)16-32-34-28(33-20-10-7-6-9-18(20)29(34)35)24-15-19-21(36-3)11-8-12-22(19)39-24/h1,6-12,14-16H,5,13H2,2-3H3. The molecule has 0 bridgehead atoms. The van der Waals surface area contributed by atoms with Crippen LogP contribution in [0.15, 0.2) is 77.9 Å². The third kappa shape index (κ3) is 5.03. The van der Waals surface area contributed by atoms with E-state index in [-0.39, 0.29) is 18.0 Å². The van der Waals surface area contributed by atoms with Gasteiger partial charge in [0.15, 0.2) is 17.3 Å². The number of terminal acetylenes is 1. The van der Waals surface area contributed by atoms with Crippen LogP contribution in [0.5, 0.6) is 17.2 Å². The molecule has 3 aromatic carbocycles. The number of fused-ring (bicyclic) bond motifs is 2. The summed E-state index contributed by atoms with van der Waals surface area (Å²) in [6.45, 7) is 2.34. The lowest BCUT2D eigenvalue weighted by Gasteiger charge is -2.15. The van der Waals surface area contributed by atoms with Gasteiger partial charge in [0.25, 0.3) is 5.56 Å². The molecule has 39 heavy (non-hydrogen) atoms. The lowest BCUT2D eigenvalue weighted by Crippen LogP contribution is -2.20. The van der Waals surface area contributed by atoms with Gasteiger partial charge in [0.05, 0.1) is 40.7 Å². The van der Waals surface area contributed by atoms with Gasteiger partial charge in [-0.2, -0.15) is 9.78 Å². The number of nitrogens with zero attached hydrogens (tertiary/aromatic N) is 3. The normalized spacial score (nSPS) is 11.3. The molecule has 8 nitrogen and oxygen atoms in total. The Kier molecular flexibility index (Phi) is 7.72. The van der Waals surface area contributed by atoms with Crippen LogP contribution in [0.3, 0.4) is 0 Å². The first kappa shape index (κ1) is 26.5. The molecule has 0 aliphatic heterocycles. The summed E-state index contributed by atoms with van der Waals surface area (Å²) in [5, 5.41) is 5.73. The SMILES string of the molecule is C#CCOc1c(OCC)cc(C=Nn2c(-c3cc4c(OC)cccc4o3)nc3ccccc3c2=O)c(Br)c1Br. The Morgan fingerprint density at radius 2 is 1.90 bits per heavy atom. The zero-order valence-corrected chi connectivity index (χ0v) is 24.1. The molecule has 0 N–H and O–H groups in total. The molecule has 0 fully saturated rings. The molecule has 2 aromatic heterocycles. The first-order valence-electron chi connectivity index (χ1n) is 11.8. The fourth-order valence-electron chi connectivity index (χ4n) is 4.04. The van der Waals surface area contributed by atoms with E-state index in [1.165, 1.54) is 10.9 Å². The molecule has 5 rings (SSSR count). The number of hydrogen-bond acceptors (Lipinski definition) is 7. The van der Waals surface area contributed by atoms with Gasteiger partial charge in [0, 0.05) is 10.0 Å². The topological polar surface area (TPSA) is 88.1 Å². The quantitative estimate of drug-likeness (QED) is 0.138. The second kappa shape index (κ2) is 11.4. The molecule has 0 spiro atoms. The van der Waals surface area contributed by atoms with E-state index in [4.69, 9.17) is 30.0 Å². The number of hydrogen-bond donors (Lipinski definition) is 0. The van der Waals surface area contributed by atoms with Gasteiger partial charge in [0.1, 0.15) is 17.9 Å². The first-order valence-corrected chi connectivity index (χ1v) is 13.4. The molecule has 0 atom stereocenters. The van der Waals surface area contributed by atoms with Gasteiger partial charge in [-0.1, -0.05) is 24.1 Å². The Morgan fingerprint density at radius 1 is 1.08 bits per heavy atom. The van der Waals surface area contributed by atoms with Crippen LogP contribution in [0.4, 0.5) is 0 Å². The molecule has 5 aromatic rings. The van der Waals surface area contributed by atoms with Crippen molar-refractivity contribution in [2.75, 3.05) is 20.3 Å². The van der Waals surface area contributed by atoms with Crippen LogP contribution in [-0.4, -0.2) is 36.2 Å². The zero-order chi connectivity index (χ0) is 27.5. The second-order valence-electron chi connectivity index (χ2n) is 8.14. The average molecular weight is 651 g/mol. The van der Waals surface area contributed by atoms with Crippen molar-refractivity contribution in [3.8, 4) is 41.2 Å². The summed E-state index contributed by atoms with van der Waals surface area (Å²) in [6, 6.07) is 16.1. The highest BCUT2D eigenvalue weighted by molar-refractivity contribution is 9.13. The van der Waals surface area contributed by atoms with Crippen LogP contribution in [0.2, 0.25) is 0 Å². The van der Waals surface area contributed by atoms with Crippen LogP contribution in [0.25, 0.3) is 33.5 Å². The van der Waals surface area contributed by atoms with Gasteiger partial charge in [-0.3, -0.25) is 4.79 Å². The van der Waals surface area contributed by atoms with Crippen molar-refractivity contribution in [1.82, 2.24) is 9.66 Å². The Balaban J connectivity index is 1.69. The number of benzene rings is 3. The maximum Gasteiger partial charge on any atom is 0.282 e. The molecule has 0 aliphatic carbocycles. The molecule has 0 radical (unpaired) electrons. The molecule has 0 aliphatic rings. The number of furan rings is 1. The Bertz CT molecular complexity index is 1840. The summed E-state index contributed by atoms with van der Waals surface area (Å²) in [5.74, 6) is 4.63. The van der Waals surface area contributed by atoms with Gasteiger partial charge < -0.3 is 18.6 Å². The molecular formula is C29H21Br2N3O5. The minimum Gasteiger partial charge on any atom is -0.496 e. The van der Waals surface area contributed by atoms with Crippen molar-refractivity contribution in [3.05, 3.63) is 79.5 Å². The van der Waals surface area contributed by atoms with Crippen molar-refractivity contribution in [1.29, 1.82) is 0 Å². The van der Waals surface area contributed by atoms with E-state index < -0.39 is 0 Å². The summed E-state index contributed by atoms with van der Waals surface area (Å²) in [4.78, 5) is 18.4. The van der Waals surface area contributed by atoms with Crippen molar-refractivity contribution >= 4 is 59.9 Å². The summed E-state index contributed by atoms with van der Waals surface area (Å²) in [7, 11) is 1.59. The summed E-state index contributed by atoms with van der Waals surface area (Å²) in [6.07, 6.45) is 6.90. The molecular weight excluding hydrogens is 630 g/mol. The van der Waals surface area contributed by atoms with Crippen LogP contribution in [-0.2, 0) is 0 Å². The van der Waals surface area contributed by atoms with Crippen LogP contribution >= 0.6 is 31.9 Å². The average Bonchev–Trinajstić information content (AvgIpc) is 3.39. The van der Waals surface area contributed by atoms with E-state index in [0.717, 1.165) is 5.39 Å². The molecule has 0 unspecified atom stereocenters. The Labute approximate surface area is 240 Å². The number of aromatic nitrogens is 2. The van der Waals surface area contributed by atoms with Crippen LogP contribution in [0, 0.1) is 12.3 Å². The molecule has 0 amide bonds. The second-order valence-corrected chi connectivity index (χ2v) is 9.73. The molecule has 196 valence electrons. The highest BCUT2D eigenvalue weighted by Crippen LogP contribution is 2.42. The summed E-state index contributed by atoms with van der Waals surface area (Å²) >= 11 is 7.13. The minimum absolute atomic E-state index is 0.0718. The number of halogens is 2. The van der Waals surface area contributed by atoms with E-state index in [2.05, 4.69) is 42.9 Å². The maximum atomic E-state index is 13.6. The number of ether oxygens (including phenoxy) is 3. The third-order valence-electron chi connectivity index (χ3n) is 5.78. The van der Waals surface area contributed by atoms with E-state index in [9.17, 15) is 4.79 Å². The van der Waals surface area contributed by atoms with Gasteiger partial charge in [-0.25, -0.2) is 4.98 Å². The minimum atomic E-state index is -0.353. The lowest BCUT2D eigenvalue weighted by atomic mass is 10.2. The van der Waals surface area contributed by atoms with Crippen molar-refractivity contribution in [2.24, 2.45) is 5.10 Å². The van der Waals surface area contributed by atoms with Crippen molar-refractivity contribution in [3.63, 3.8) is 0 Å². The van der Waals surface area contributed by atoms with E-state index in [1.54, 1.807) is 37.4 Å². The van der Waals surface area contributed by atoms with E-state index in [0.29, 0.717) is 60.6 Å². The fourth-order valence-corrected chi connectivity index (χ4v) is 4.98. The van der Waals surface area contributed by atoms with Gasteiger partial charge in [-0.05, 0) is 75.2 Å². The van der Waals surface area contributed by atoms with Crippen molar-refractivity contribution < 1.29 is 18.6 Å². The summed E-state index contributed by atoms with van der Waals surface area (Å²) in [5.41, 5.74) is 1.39. The van der Waals surface area contributed by atoms with E-state index in [1.807, 2.05) is 31.2 Å². The number of para-hydroxylation sites is 1. The molecule has 0 saturated heterocycles. The monoisotopic (exact) mass is 649 g/mol. The zero-order valence-electron chi connectivity index (χ0n) is 20.9. The molecule has 2 heterocycles. The summed E-state index contributed by atoms with van der Waals surface area (Å²) < 4.78 is 25.5. The highest BCUT2D eigenvalue weighted by atomic mass is 79.9. The predicted molar refractivity (Wildman–Crippen MR) is 158 cm³/mol. The third-order valence-corrected chi connectivity index (χ3v) is 7.93. The lowest BCUT2D eigenvalue weighted by molar-refractivity contribution is 0.297. The Morgan fingerprint density at radius 3 is 2.67 bits per heavy atom. The molecule has 10 heteroatoms. The van der Waals surface area contributed by atoms with Gasteiger partial charge >= 0.3 is 0 Å². The van der Waals surface area contributed by atoms with Gasteiger partial charge in [-0.15, -0.1) is 6.42 Å².